The summed E-state index contributed by atoms with van der Waals surface area (Å²) in [6.45, 7) is 9.58. The molecule has 0 saturated carbocycles. The van der Waals surface area contributed by atoms with Crippen LogP contribution in [0.25, 0.3) is 0 Å². The maximum absolute atomic E-state index is 5.36. The summed E-state index contributed by atoms with van der Waals surface area (Å²) in [4.78, 5) is 13.5. The third-order valence-electron chi connectivity index (χ3n) is 4.92. The van der Waals surface area contributed by atoms with Crippen molar-refractivity contribution < 1.29 is 4.52 Å². The number of nitrogens with one attached hydrogen (secondary N) is 2. The quantitative estimate of drug-likeness (QED) is 0.580. The van der Waals surface area contributed by atoms with Gasteiger partial charge in [-0.2, -0.15) is 0 Å². The van der Waals surface area contributed by atoms with Gasteiger partial charge in [-0.25, -0.2) is 4.98 Å². The first-order valence-electron chi connectivity index (χ1n) is 9.83. The fourth-order valence-electron chi connectivity index (χ4n) is 3.04. The largest absolute Gasteiger partial charge is 0.359 e. The lowest BCUT2D eigenvalue weighted by molar-refractivity contribution is 0.312. The first kappa shape index (κ1) is 20.1. The van der Waals surface area contributed by atoms with E-state index in [2.05, 4.69) is 62.5 Å². The van der Waals surface area contributed by atoms with E-state index in [9.17, 15) is 0 Å². The van der Waals surface area contributed by atoms with Crippen LogP contribution in [0, 0.1) is 0 Å². The minimum absolute atomic E-state index is 0.358. The number of piperazine rings is 1. The zero-order valence-corrected chi connectivity index (χ0v) is 17.3. The zero-order valence-electron chi connectivity index (χ0n) is 17.3. The molecule has 1 aliphatic heterocycles. The smallest absolute Gasteiger partial charge is 0.191 e. The Kier molecular flexibility index (Phi) is 6.86. The summed E-state index contributed by atoms with van der Waals surface area (Å²) < 4.78 is 5.36. The van der Waals surface area contributed by atoms with Crippen molar-refractivity contribution in [1.82, 2.24) is 25.7 Å². The van der Waals surface area contributed by atoms with Crippen LogP contribution < -0.4 is 15.5 Å². The second-order valence-electron chi connectivity index (χ2n) is 7.46. The van der Waals surface area contributed by atoms with Crippen LogP contribution in [0.3, 0.4) is 0 Å². The van der Waals surface area contributed by atoms with Gasteiger partial charge in [-0.1, -0.05) is 19.0 Å². The van der Waals surface area contributed by atoms with Crippen molar-refractivity contribution >= 4 is 11.8 Å². The third-order valence-corrected chi connectivity index (χ3v) is 4.92. The lowest BCUT2D eigenvalue weighted by atomic mass is 10.1. The van der Waals surface area contributed by atoms with Crippen LogP contribution in [-0.4, -0.2) is 61.3 Å². The van der Waals surface area contributed by atoms with Crippen LogP contribution in [0.5, 0.6) is 0 Å². The van der Waals surface area contributed by atoms with Crippen LogP contribution in [0.15, 0.2) is 33.9 Å². The Hall–Kier alpha value is -2.61. The van der Waals surface area contributed by atoms with E-state index < -0.39 is 0 Å². The van der Waals surface area contributed by atoms with Gasteiger partial charge in [0.1, 0.15) is 5.82 Å². The monoisotopic (exact) mass is 385 g/mol. The maximum atomic E-state index is 5.36. The van der Waals surface area contributed by atoms with Gasteiger partial charge in [0.25, 0.3) is 0 Å². The molecule has 1 saturated heterocycles. The lowest BCUT2D eigenvalue weighted by Gasteiger charge is -2.33. The standard InChI is InChI=1S/C20H31N7O/c1-15(2)18-12-17(28-25-18)14-24-20(21-3)23-13-16-5-6-22-19(11-16)27-9-7-26(4)8-10-27/h5-6,11-12,15H,7-10,13-14H2,1-4H3,(H2,21,23,24). The molecule has 0 amide bonds. The highest BCUT2D eigenvalue weighted by Crippen LogP contribution is 2.15. The van der Waals surface area contributed by atoms with Gasteiger partial charge in [0.2, 0.25) is 0 Å². The molecule has 2 N–H and O–H groups in total. The van der Waals surface area contributed by atoms with Crippen molar-refractivity contribution in [1.29, 1.82) is 0 Å². The highest BCUT2D eigenvalue weighted by atomic mass is 16.5. The van der Waals surface area contributed by atoms with Crippen LogP contribution >= 0.6 is 0 Å². The number of nitrogens with zero attached hydrogens (tertiary/aromatic N) is 5. The van der Waals surface area contributed by atoms with Crippen molar-refractivity contribution in [3.63, 3.8) is 0 Å². The molecule has 0 spiro atoms. The molecule has 0 aliphatic carbocycles. The Morgan fingerprint density at radius 1 is 1.18 bits per heavy atom. The number of guanidine groups is 1. The molecule has 1 aliphatic rings. The van der Waals surface area contributed by atoms with Crippen molar-refractivity contribution in [2.75, 3.05) is 45.2 Å². The highest BCUT2D eigenvalue weighted by molar-refractivity contribution is 5.79. The van der Waals surface area contributed by atoms with E-state index in [0.717, 1.165) is 49.4 Å². The topological polar surface area (TPSA) is 81.8 Å². The summed E-state index contributed by atoms with van der Waals surface area (Å²) in [5.41, 5.74) is 2.14. The summed E-state index contributed by atoms with van der Waals surface area (Å²) in [5, 5.41) is 10.7. The van der Waals surface area contributed by atoms with Gasteiger partial charge in [0.15, 0.2) is 11.7 Å². The van der Waals surface area contributed by atoms with E-state index in [1.54, 1.807) is 7.05 Å². The molecule has 152 valence electrons. The maximum Gasteiger partial charge on any atom is 0.191 e. The average molecular weight is 386 g/mol. The Balaban J connectivity index is 1.51. The Bertz CT molecular complexity index is 778. The van der Waals surface area contributed by atoms with Gasteiger partial charge in [0, 0.05) is 52.0 Å². The average Bonchev–Trinajstić information content (AvgIpc) is 3.18. The van der Waals surface area contributed by atoms with E-state index in [1.165, 1.54) is 5.56 Å². The predicted molar refractivity (Wildman–Crippen MR) is 112 cm³/mol. The zero-order chi connectivity index (χ0) is 19.9. The van der Waals surface area contributed by atoms with Crippen molar-refractivity contribution in [3.8, 4) is 0 Å². The van der Waals surface area contributed by atoms with Crippen molar-refractivity contribution in [3.05, 3.63) is 41.4 Å². The number of likely N-dealkylation sites (N-methyl/N-ethyl adjacent to an activating group) is 1. The second kappa shape index (κ2) is 9.54. The summed E-state index contributed by atoms with van der Waals surface area (Å²) in [7, 11) is 3.92. The molecule has 28 heavy (non-hydrogen) atoms. The molecule has 0 radical (unpaired) electrons. The van der Waals surface area contributed by atoms with Crippen LogP contribution in [0.1, 0.15) is 36.8 Å². The van der Waals surface area contributed by atoms with E-state index in [4.69, 9.17) is 4.52 Å². The fraction of sp³-hybridized carbons (Fsp3) is 0.550. The summed E-state index contributed by atoms with van der Waals surface area (Å²) in [6.07, 6.45) is 1.88. The van der Waals surface area contributed by atoms with Crippen molar-refractivity contribution in [2.24, 2.45) is 4.99 Å². The van der Waals surface area contributed by atoms with Crippen LogP contribution in [0.4, 0.5) is 5.82 Å². The molecule has 0 unspecified atom stereocenters. The second-order valence-corrected chi connectivity index (χ2v) is 7.46. The summed E-state index contributed by atoms with van der Waals surface area (Å²) in [6, 6.07) is 6.16. The molecular formula is C20H31N7O. The fourth-order valence-corrected chi connectivity index (χ4v) is 3.04. The van der Waals surface area contributed by atoms with Gasteiger partial charge in [-0.3, -0.25) is 4.99 Å². The number of hydrogen-bond acceptors (Lipinski definition) is 6. The number of pyridine rings is 1. The molecule has 2 aromatic rings. The first-order chi connectivity index (χ1) is 13.5. The Labute approximate surface area is 167 Å². The molecule has 0 aromatic carbocycles. The Morgan fingerprint density at radius 2 is 1.93 bits per heavy atom. The molecule has 2 aromatic heterocycles. The molecule has 8 nitrogen and oxygen atoms in total. The predicted octanol–water partition coefficient (Wildman–Crippen LogP) is 1.81. The molecule has 0 bridgehead atoms. The number of aromatic nitrogens is 2. The van der Waals surface area contributed by atoms with Gasteiger partial charge in [0.05, 0.1) is 12.2 Å². The number of hydrogen-bond donors (Lipinski definition) is 2. The molecular weight excluding hydrogens is 354 g/mol. The third kappa shape index (κ3) is 5.45. The van der Waals surface area contributed by atoms with Gasteiger partial charge >= 0.3 is 0 Å². The van der Waals surface area contributed by atoms with E-state index in [-0.39, 0.29) is 0 Å². The van der Waals surface area contributed by atoms with Gasteiger partial charge < -0.3 is 25.0 Å². The lowest BCUT2D eigenvalue weighted by Crippen LogP contribution is -2.44. The molecule has 3 rings (SSSR count). The van der Waals surface area contributed by atoms with E-state index >= 15 is 0 Å². The molecule has 0 atom stereocenters. The van der Waals surface area contributed by atoms with Gasteiger partial charge in [-0.05, 0) is 30.7 Å². The summed E-state index contributed by atoms with van der Waals surface area (Å²) >= 11 is 0. The first-order valence-corrected chi connectivity index (χ1v) is 9.83. The molecule has 8 heteroatoms. The van der Waals surface area contributed by atoms with Crippen LogP contribution in [-0.2, 0) is 13.1 Å². The minimum atomic E-state index is 0.358. The molecule has 1 fully saturated rings. The molecule has 3 heterocycles. The number of rotatable bonds is 6. The van der Waals surface area contributed by atoms with E-state index in [1.807, 2.05) is 18.3 Å². The van der Waals surface area contributed by atoms with E-state index in [0.29, 0.717) is 19.0 Å². The number of anilines is 1. The Morgan fingerprint density at radius 3 is 2.61 bits per heavy atom. The normalized spacial score (nSPS) is 15.9. The minimum Gasteiger partial charge on any atom is -0.359 e. The van der Waals surface area contributed by atoms with Crippen LogP contribution in [0.2, 0.25) is 0 Å². The highest BCUT2D eigenvalue weighted by Gasteiger charge is 2.15. The summed E-state index contributed by atoms with van der Waals surface area (Å²) in [5.74, 6) is 2.92. The van der Waals surface area contributed by atoms with Gasteiger partial charge in [-0.15, -0.1) is 0 Å². The van der Waals surface area contributed by atoms with Crippen molar-refractivity contribution in [2.45, 2.75) is 32.9 Å². The SMILES string of the molecule is CN=C(NCc1ccnc(N2CCN(C)CC2)c1)NCc1cc(C(C)C)no1. The number of aliphatic imine (C=N–C) groups is 1.